The summed E-state index contributed by atoms with van der Waals surface area (Å²) in [6, 6.07) is 0. The monoisotopic (exact) mass is 555 g/mol. The first-order valence-corrected chi connectivity index (χ1v) is 19.8. The lowest BCUT2D eigenvalue weighted by molar-refractivity contribution is -0.00862. The molecule has 0 amide bonds. The number of rotatable bonds is 3. The lowest BCUT2D eigenvalue weighted by atomic mass is 9.54. The summed E-state index contributed by atoms with van der Waals surface area (Å²) in [5.41, 5.74) is 0. The molecule has 0 aromatic heterocycles. The van der Waals surface area contributed by atoms with Gasteiger partial charge in [-0.25, -0.2) is 0 Å². The van der Waals surface area contributed by atoms with Gasteiger partial charge in [-0.1, -0.05) is 187 Å². The van der Waals surface area contributed by atoms with Crippen LogP contribution in [0, 0.1) is 41.4 Å². The molecular weight excluding hydrogens is 480 g/mol. The first-order valence-electron chi connectivity index (χ1n) is 19.8. The smallest absolute Gasteiger partial charge is 0.0355 e. The average molecular weight is 555 g/mol. The molecule has 0 saturated heterocycles. The summed E-state index contributed by atoms with van der Waals surface area (Å²) in [6.07, 6.45) is 48.9. The Morgan fingerprint density at radius 1 is 0.225 bits per heavy atom. The molecule has 0 N–H and O–H groups in total. The van der Waals surface area contributed by atoms with Gasteiger partial charge in [0.1, 0.15) is 0 Å². The van der Waals surface area contributed by atoms with E-state index in [1.54, 1.807) is 77.0 Å². The molecule has 2 unspecified atom stereocenters. The van der Waals surface area contributed by atoms with Gasteiger partial charge < -0.3 is 0 Å². The van der Waals surface area contributed by atoms with E-state index in [1.807, 2.05) is 0 Å². The van der Waals surface area contributed by atoms with Gasteiger partial charge in [0, 0.05) is 0 Å². The maximum absolute atomic E-state index is 2.43. The van der Waals surface area contributed by atoms with Gasteiger partial charge in [0.25, 0.3) is 0 Å². The Hall–Kier alpha value is 0. The molecule has 8 fully saturated rings. The predicted octanol–water partition coefficient (Wildman–Crippen LogP) is 13.9. The van der Waals surface area contributed by atoms with Crippen LogP contribution in [0.3, 0.4) is 0 Å². The molecule has 0 aromatic carbocycles. The maximum Gasteiger partial charge on any atom is -0.0355 e. The van der Waals surface area contributed by atoms with Gasteiger partial charge >= 0.3 is 0 Å². The SMILES string of the molecule is C1CC(C2CCC2C2CCC2)C1.C1CC1.C1CCCCC1.C1CCCCC1.CC1CCC(C2CCCCC2)CC1. The molecule has 0 aromatic rings. The van der Waals surface area contributed by atoms with Gasteiger partial charge in [0.2, 0.25) is 0 Å². The second-order valence-electron chi connectivity index (χ2n) is 16.0. The molecule has 8 rings (SSSR count). The second kappa shape index (κ2) is 20.0. The first-order chi connectivity index (χ1) is 19.8. The van der Waals surface area contributed by atoms with E-state index in [0.717, 1.165) is 17.8 Å². The van der Waals surface area contributed by atoms with Crippen molar-refractivity contribution in [1.29, 1.82) is 0 Å². The molecule has 0 spiro atoms. The minimum atomic E-state index is 1.03. The fourth-order valence-corrected chi connectivity index (χ4v) is 8.94. The van der Waals surface area contributed by atoms with Crippen LogP contribution in [0.2, 0.25) is 0 Å². The van der Waals surface area contributed by atoms with E-state index in [2.05, 4.69) is 6.92 Å². The zero-order valence-corrected chi connectivity index (χ0v) is 27.7. The van der Waals surface area contributed by atoms with Crippen LogP contribution in [0.5, 0.6) is 0 Å². The molecule has 40 heavy (non-hydrogen) atoms. The zero-order valence-electron chi connectivity index (χ0n) is 27.7. The highest BCUT2D eigenvalue weighted by atomic mass is 14.5. The molecule has 0 heterocycles. The average Bonchev–Trinajstić information content (AvgIpc) is 3.86. The van der Waals surface area contributed by atoms with Crippen molar-refractivity contribution in [2.45, 2.75) is 212 Å². The van der Waals surface area contributed by atoms with Crippen LogP contribution in [0.15, 0.2) is 0 Å². The van der Waals surface area contributed by atoms with Crippen molar-refractivity contribution in [1.82, 2.24) is 0 Å². The van der Waals surface area contributed by atoms with E-state index in [-0.39, 0.29) is 0 Å². The Labute approximate surface area is 253 Å². The third kappa shape index (κ3) is 12.7. The summed E-state index contributed by atoms with van der Waals surface area (Å²) in [5.74, 6) is 8.04. The first kappa shape index (κ1) is 32.9. The summed E-state index contributed by atoms with van der Waals surface area (Å²) in [5, 5.41) is 0. The normalized spacial score (nSPS) is 34.1. The quantitative estimate of drug-likeness (QED) is 0.325. The largest absolute Gasteiger partial charge is 0.0625 e. The van der Waals surface area contributed by atoms with Gasteiger partial charge in [-0.3, -0.25) is 0 Å². The Kier molecular flexibility index (Phi) is 16.5. The second-order valence-corrected chi connectivity index (χ2v) is 16.0. The van der Waals surface area contributed by atoms with Crippen LogP contribution >= 0.6 is 0 Å². The minimum absolute atomic E-state index is 1.03. The fourth-order valence-electron chi connectivity index (χ4n) is 8.94. The third-order valence-corrected chi connectivity index (χ3v) is 12.6. The molecular formula is C40H74. The van der Waals surface area contributed by atoms with Crippen molar-refractivity contribution >= 4 is 0 Å². The Morgan fingerprint density at radius 3 is 0.775 bits per heavy atom. The molecule has 0 nitrogen and oxygen atoms in total. The van der Waals surface area contributed by atoms with E-state index >= 15 is 0 Å². The van der Waals surface area contributed by atoms with Gasteiger partial charge in [0.15, 0.2) is 0 Å². The lowest BCUT2D eigenvalue weighted by Crippen LogP contribution is -2.41. The van der Waals surface area contributed by atoms with Gasteiger partial charge in [-0.05, 0) is 67.1 Å². The lowest BCUT2D eigenvalue weighted by Gasteiger charge is -2.51. The van der Waals surface area contributed by atoms with Crippen LogP contribution in [0.4, 0.5) is 0 Å². The molecule has 8 aliphatic carbocycles. The van der Waals surface area contributed by atoms with Crippen molar-refractivity contribution in [2.75, 3.05) is 0 Å². The molecule has 234 valence electrons. The van der Waals surface area contributed by atoms with E-state index in [4.69, 9.17) is 0 Å². The summed E-state index contributed by atoms with van der Waals surface area (Å²) < 4.78 is 0. The standard InChI is InChI=1S/C13H24.C12H20.2C6H12.C3H6/c1-11-7-9-13(10-8-11)12-5-3-2-4-6-12;1-3-9(4-1)11-7-8-12(11)10-5-2-6-10;2*1-2-4-6-5-3-1;1-2-3-1/h11-13H,2-10H2,1H3;9-12H,1-8H2;2*1-6H2;1-3H2. The number of hydrogen-bond acceptors (Lipinski definition) is 0. The highest BCUT2D eigenvalue weighted by Crippen LogP contribution is 2.54. The van der Waals surface area contributed by atoms with E-state index in [0.29, 0.717) is 0 Å². The minimum Gasteiger partial charge on any atom is -0.0625 e. The molecule has 2 atom stereocenters. The topological polar surface area (TPSA) is 0 Å². The zero-order chi connectivity index (χ0) is 27.7. The molecule has 0 heteroatoms. The molecule has 0 aliphatic heterocycles. The summed E-state index contributed by atoms with van der Waals surface area (Å²) >= 11 is 0. The highest BCUT2D eigenvalue weighted by molar-refractivity contribution is 4.94. The van der Waals surface area contributed by atoms with Gasteiger partial charge in [0.05, 0.1) is 0 Å². The molecule has 0 radical (unpaired) electrons. The third-order valence-electron chi connectivity index (χ3n) is 12.6. The summed E-state index contributed by atoms with van der Waals surface area (Å²) in [4.78, 5) is 0. The van der Waals surface area contributed by atoms with Crippen molar-refractivity contribution in [3.05, 3.63) is 0 Å². The predicted molar refractivity (Wildman–Crippen MR) is 178 cm³/mol. The van der Waals surface area contributed by atoms with Crippen molar-refractivity contribution in [3.8, 4) is 0 Å². The summed E-state index contributed by atoms with van der Waals surface area (Å²) in [7, 11) is 0. The van der Waals surface area contributed by atoms with Crippen LogP contribution in [0.1, 0.15) is 212 Å². The van der Waals surface area contributed by atoms with Crippen molar-refractivity contribution in [3.63, 3.8) is 0 Å². The molecule has 0 bridgehead atoms. The van der Waals surface area contributed by atoms with Crippen LogP contribution < -0.4 is 0 Å². The fraction of sp³-hybridized carbons (Fsp3) is 1.00. The van der Waals surface area contributed by atoms with E-state index in [9.17, 15) is 0 Å². The Balaban J connectivity index is 0.000000125. The van der Waals surface area contributed by atoms with E-state index < -0.39 is 0 Å². The van der Waals surface area contributed by atoms with Crippen LogP contribution in [-0.4, -0.2) is 0 Å². The van der Waals surface area contributed by atoms with Crippen LogP contribution in [0.25, 0.3) is 0 Å². The van der Waals surface area contributed by atoms with E-state index in [1.165, 1.54) is 152 Å². The van der Waals surface area contributed by atoms with Gasteiger partial charge in [-0.15, -0.1) is 0 Å². The Bertz CT molecular complexity index is 517. The maximum atomic E-state index is 2.43. The van der Waals surface area contributed by atoms with Crippen molar-refractivity contribution in [2.24, 2.45) is 41.4 Å². The number of hydrogen-bond donors (Lipinski definition) is 0. The van der Waals surface area contributed by atoms with Crippen LogP contribution in [-0.2, 0) is 0 Å². The highest BCUT2D eigenvalue weighted by Gasteiger charge is 2.44. The molecule has 8 aliphatic rings. The molecule has 8 saturated carbocycles. The van der Waals surface area contributed by atoms with Gasteiger partial charge in [-0.2, -0.15) is 0 Å². The summed E-state index contributed by atoms with van der Waals surface area (Å²) in [6.45, 7) is 2.43. The Morgan fingerprint density at radius 2 is 0.500 bits per heavy atom. The van der Waals surface area contributed by atoms with Crippen molar-refractivity contribution < 1.29 is 0 Å².